The highest BCUT2D eigenvalue weighted by atomic mass is 79.9. The fourth-order valence-corrected chi connectivity index (χ4v) is 2.92. The minimum atomic E-state index is 0.532. The van der Waals surface area contributed by atoms with Gasteiger partial charge in [0.25, 0.3) is 0 Å². The number of nitrogens with zero attached hydrogens (tertiary/aromatic N) is 3. The predicted molar refractivity (Wildman–Crippen MR) is 93.2 cm³/mol. The summed E-state index contributed by atoms with van der Waals surface area (Å²) in [6.07, 6.45) is 1.68. The number of nitrogens with one attached hydrogen (secondary N) is 1. The molecule has 0 saturated carbocycles. The second kappa shape index (κ2) is 8.10. The Balaban J connectivity index is 2.16. The summed E-state index contributed by atoms with van der Waals surface area (Å²) < 4.78 is 11.5. The molecule has 23 heavy (non-hydrogen) atoms. The summed E-state index contributed by atoms with van der Waals surface area (Å²) in [5.74, 6) is 1.88. The first-order chi connectivity index (χ1) is 11.1. The van der Waals surface area contributed by atoms with Crippen molar-refractivity contribution < 1.29 is 9.47 Å². The molecule has 0 saturated heterocycles. The summed E-state index contributed by atoms with van der Waals surface area (Å²) >= 11 is 3.49. The molecule has 6 nitrogen and oxygen atoms in total. The fourth-order valence-electron chi connectivity index (χ4n) is 2.27. The van der Waals surface area contributed by atoms with Crippen molar-refractivity contribution in [2.45, 2.75) is 33.2 Å². The molecule has 1 N–H and O–H groups in total. The Morgan fingerprint density at radius 3 is 2.39 bits per heavy atom. The first-order valence-corrected chi connectivity index (χ1v) is 8.28. The van der Waals surface area contributed by atoms with Gasteiger partial charge in [-0.05, 0) is 46.5 Å². The highest BCUT2D eigenvalue weighted by molar-refractivity contribution is 9.10. The van der Waals surface area contributed by atoms with Crippen LogP contribution in [0.3, 0.4) is 0 Å². The zero-order valence-corrected chi connectivity index (χ0v) is 15.4. The van der Waals surface area contributed by atoms with E-state index >= 15 is 0 Å². The first-order valence-electron chi connectivity index (χ1n) is 7.49. The monoisotopic (exact) mass is 380 g/mol. The number of hydrogen-bond donors (Lipinski definition) is 1. The Morgan fingerprint density at radius 1 is 1.04 bits per heavy atom. The van der Waals surface area contributed by atoms with Crippen molar-refractivity contribution in [1.82, 2.24) is 15.2 Å². The lowest BCUT2D eigenvalue weighted by Gasteiger charge is -2.13. The van der Waals surface area contributed by atoms with Crippen molar-refractivity contribution in [2.24, 2.45) is 0 Å². The third kappa shape index (κ3) is 4.10. The number of methoxy groups -OCH3 is 2. The molecule has 0 amide bonds. The van der Waals surface area contributed by atoms with Crippen LogP contribution in [0, 0.1) is 0 Å². The molecule has 0 radical (unpaired) electrons. The number of rotatable bonds is 7. The van der Waals surface area contributed by atoms with E-state index in [0.29, 0.717) is 24.0 Å². The molecular formula is C16H21BrN4O2. The quantitative estimate of drug-likeness (QED) is 0.793. The van der Waals surface area contributed by atoms with E-state index in [9.17, 15) is 0 Å². The van der Waals surface area contributed by atoms with Crippen molar-refractivity contribution in [3.8, 4) is 11.5 Å². The lowest BCUT2D eigenvalue weighted by Crippen LogP contribution is -2.09. The maximum Gasteiger partial charge on any atom is 0.243 e. The van der Waals surface area contributed by atoms with E-state index in [2.05, 4.69) is 50.3 Å². The molecule has 0 bridgehead atoms. The standard InChI is InChI=1S/C16H21BrN4O2/c1-5-12-13(6-2)20-21-16(19-12)18-9-10-7-11(17)15(23-4)14(8-10)22-3/h7-8H,5-6,9H2,1-4H3,(H,18,19,21). The lowest BCUT2D eigenvalue weighted by molar-refractivity contribution is 0.352. The van der Waals surface area contributed by atoms with Crippen molar-refractivity contribution in [2.75, 3.05) is 19.5 Å². The summed E-state index contributed by atoms with van der Waals surface area (Å²) in [7, 11) is 3.23. The fraction of sp³-hybridized carbons (Fsp3) is 0.438. The van der Waals surface area contributed by atoms with Crippen LogP contribution in [0.5, 0.6) is 11.5 Å². The number of benzene rings is 1. The molecule has 1 heterocycles. The largest absolute Gasteiger partial charge is 0.493 e. The van der Waals surface area contributed by atoms with E-state index in [1.54, 1.807) is 14.2 Å². The number of aromatic nitrogens is 3. The summed E-state index contributed by atoms with van der Waals surface area (Å²) in [6.45, 7) is 4.69. The van der Waals surface area contributed by atoms with Gasteiger partial charge >= 0.3 is 0 Å². The summed E-state index contributed by atoms with van der Waals surface area (Å²) in [5, 5.41) is 11.6. The second-order valence-corrected chi connectivity index (χ2v) is 5.76. The second-order valence-electron chi connectivity index (χ2n) is 4.90. The predicted octanol–water partition coefficient (Wildman–Crippen LogP) is 3.39. The number of ether oxygens (including phenoxy) is 2. The Labute approximate surface area is 144 Å². The molecule has 0 aliphatic heterocycles. The molecule has 1 aromatic carbocycles. The Hall–Kier alpha value is -1.89. The van der Waals surface area contributed by atoms with Crippen LogP contribution in [0.2, 0.25) is 0 Å². The molecule has 7 heteroatoms. The molecule has 2 aromatic rings. The van der Waals surface area contributed by atoms with Crippen molar-refractivity contribution in [3.05, 3.63) is 33.6 Å². The average molecular weight is 381 g/mol. The van der Waals surface area contributed by atoms with Crippen LogP contribution in [0.15, 0.2) is 16.6 Å². The molecule has 0 aliphatic carbocycles. The topological polar surface area (TPSA) is 69.2 Å². The normalized spacial score (nSPS) is 10.5. The van der Waals surface area contributed by atoms with E-state index in [-0.39, 0.29) is 0 Å². The smallest absolute Gasteiger partial charge is 0.243 e. The molecule has 1 aromatic heterocycles. The Kier molecular flexibility index (Phi) is 6.15. The van der Waals surface area contributed by atoms with Gasteiger partial charge in [0.2, 0.25) is 5.95 Å². The zero-order chi connectivity index (χ0) is 16.8. The van der Waals surface area contributed by atoms with Crippen LogP contribution >= 0.6 is 15.9 Å². The molecule has 2 rings (SSSR count). The van der Waals surface area contributed by atoms with Crippen LogP contribution < -0.4 is 14.8 Å². The third-order valence-corrected chi connectivity index (χ3v) is 4.04. The highest BCUT2D eigenvalue weighted by Crippen LogP contribution is 2.36. The van der Waals surface area contributed by atoms with Gasteiger partial charge in [-0.2, -0.15) is 5.10 Å². The first kappa shape index (κ1) is 17.5. The number of anilines is 1. The van der Waals surface area contributed by atoms with Crippen LogP contribution in [-0.2, 0) is 19.4 Å². The Bertz CT molecular complexity index is 679. The Morgan fingerprint density at radius 2 is 1.78 bits per heavy atom. The minimum absolute atomic E-state index is 0.532. The van der Waals surface area contributed by atoms with Crippen LogP contribution in [0.4, 0.5) is 5.95 Å². The van der Waals surface area contributed by atoms with Gasteiger partial charge in [0.15, 0.2) is 11.5 Å². The van der Waals surface area contributed by atoms with Gasteiger partial charge in [-0.15, -0.1) is 5.10 Å². The highest BCUT2D eigenvalue weighted by Gasteiger charge is 2.11. The van der Waals surface area contributed by atoms with Gasteiger partial charge in [-0.25, -0.2) is 4.98 Å². The van der Waals surface area contributed by atoms with Gasteiger partial charge in [0, 0.05) is 6.54 Å². The van der Waals surface area contributed by atoms with E-state index < -0.39 is 0 Å². The van der Waals surface area contributed by atoms with Gasteiger partial charge < -0.3 is 14.8 Å². The SMILES string of the molecule is CCc1nnc(NCc2cc(Br)c(OC)c(OC)c2)nc1CC. The third-order valence-electron chi connectivity index (χ3n) is 3.45. The van der Waals surface area contributed by atoms with Gasteiger partial charge in [-0.1, -0.05) is 13.8 Å². The summed E-state index contributed by atoms with van der Waals surface area (Å²) in [4.78, 5) is 4.52. The minimum Gasteiger partial charge on any atom is -0.493 e. The van der Waals surface area contributed by atoms with E-state index in [1.807, 2.05) is 12.1 Å². The zero-order valence-electron chi connectivity index (χ0n) is 13.8. The molecular weight excluding hydrogens is 360 g/mol. The summed E-state index contributed by atoms with van der Waals surface area (Å²) in [5.41, 5.74) is 2.96. The number of halogens is 1. The molecule has 0 spiro atoms. The van der Waals surface area contributed by atoms with Crippen LogP contribution in [0.1, 0.15) is 30.8 Å². The molecule has 0 atom stereocenters. The number of hydrogen-bond acceptors (Lipinski definition) is 6. The van der Waals surface area contributed by atoms with Crippen molar-refractivity contribution in [3.63, 3.8) is 0 Å². The van der Waals surface area contributed by atoms with E-state index in [1.165, 1.54) is 0 Å². The van der Waals surface area contributed by atoms with E-state index in [0.717, 1.165) is 34.3 Å². The molecule has 0 unspecified atom stereocenters. The van der Waals surface area contributed by atoms with Crippen LogP contribution in [-0.4, -0.2) is 29.4 Å². The lowest BCUT2D eigenvalue weighted by atomic mass is 10.2. The van der Waals surface area contributed by atoms with Crippen molar-refractivity contribution in [1.29, 1.82) is 0 Å². The maximum atomic E-state index is 5.35. The molecule has 0 aliphatic rings. The van der Waals surface area contributed by atoms with Crippen LogP contribution in [0.25, 0.3) is 0 Å². The maximum absolute atomic E-state index is 5.35. The van der Waals surface area contributed by atoms with Gasteiger partial charge in [0.05, 0.1) is 30.1 Å². The van der Waals surface area contributed by atoms with Gasteiger partial charge in [0.1, 0.15) is 0 Å². The molecule has 0 fully saturated rings. The van der Waals surface area contributed by atoms with Gasteiger partial charge in [-0.3, -0.25) is 0 Å². The molecule has 124 valence electrons. The van der Waals surface area contributed by atoms with E-state index in [4.69, 9.17) is 9.47 Å². The summed E-state index contributed by atoms with van der Waals surface area (Å²) in [6, 6.07) is 3.90. The van der Waals surface area contributed by atoms with Crippen molar-refractivity contribution >= 4 is 21.9 Å². The number of aryl methyl sites for hydroxylation is 2. The average Bonchev–Trinajstić information content (AvgIpc) is 2.58.